The molecule has 142 valence electrons. The Hall–Kier alpha value is -3.75. The lowest BCUT2D eigenvalue weighted by atomic mass is 10.2. The number of aromatic nitrogens is 4. The molecule has 3 aromatic heterocycles. The number of carbonyl (C=O) groups is 1. The number of halogens is 1. The maximum Gasteiger partial charge on any atom is 0.238 e. The van der Waals surface area contributed by atoms with Crippen molar-refractivity contribution in [2.75, 3.05) is 5.32 Å². The van der Waals surface area contributed by atoms with Crippen LogP contribution in [0.2, 0.25) is 0 Å². The fourth-order valence-corrected chi connectivity index (χ4v) is 2.72. The van der Waals surface area contributed by atoms with Gasteiger partial charge < -0.3 is 18.8 Å². The van der Waals surface area contributed by atoms with Gasteiger partial charge in [-0.3, -0.25) is 4.79 Å². The Morgan fingerprint density at radius 3 is 2.93 bits per heavy atom. The second-order valence-electron chi connectivity index (χ2n) is 6.05. The molecule has 8 nitrogen and oxygen atoms in total. The molecule has 28 heavy (non-hydrogen) atoms. The summed E-state index contributed by atoms with van der Waals surface area (Å²) in [6.07, 6.45) is 5.15. The third-order valence-electron chi connectivity index (χ3n) is 4.09. The molecule has 9 heteroatoms. The number of imidazole rings is 1. The molecule has 4 aromatic rings. The number of carbonyl (C=O) groups excluding carboxylic acids is 1. The molecule has 1 amide bonds. The summed E-state index contributed by atoms with van der Waals surface area (Å²) in [5.41, 5.74) is 0.732. The number of nitrogens with one attached hydrogen (secondary N) is 1. The highest BCUT2D eigenvalue weighted by molar-refractivity contribution is 5.90. The summed E-state index contributed by atoms with van der Waals surface area (Å²) in [7, 11) is 0. The summed E-state index contributed by atoms with van der Waals surface area (Å²) in [6, 6.07) is 7.93. The number of anilines is 1. The van der Waals surface area contributed by atoms with E-state index in [1.54, 1.807) is 48.1 Å². The van der Waals surface area contributed by atoms with E-state index in [-0.39, 0.29) is 18.7 Å². The van der Waals surface area contributed by atoms with E-state index in [2.05, 4.69) is 20.4 Å². The van der Waals surface area contributed by atoms with E-state index in [9.17, 15) is 9.18 Å². The predicted molar refractivity (Wildman–Crippen MR) is 97.2 cm³/mol. The molecular weight excluding hydrogens is 365 g/mol. The van der Waals surface area contributed by atoms with Crippen molar-refractivity contribution >= 4 is 11.6 Å². The number of rotatable bonds is 6. The van der Waals surface area contributed by atoms with Crippen molar-refractivity contribution in [3.63, 3.8) is 0 Å². The highest BCUT2D eigenvalue weighted by atomic mass is 19.1. The maximum atomic E-state index is 14.4. The first-order valence-electron chi connectivity index (χ1n) is 8.56. The topological polar surface area (TPSA) is 99.0 Å². The fraction of sp³-hybridized carbons (Fsp3) is 0.158. The summed E-state index contributed by atoms with van der Waals surface area (Å²) < 4.78 is 26.3. The van der Waals surface area contributed by atoms with E-state index >= 15 is 0 Å². The van der Waals surface area contributed by atoms with Crippen molar-refractivity contribution in [3.8, 4) is 17.3 Å². The minimum absolute atomic E-state index is 0.115. The van der Waals surface area contributed by atoms with Crippen LogP contribution in [0.1, 0.15) is 18.1 Å². The lowest BCUT2D eigenvalue weighted by Gasteiger charge is -2.09. The van der Waals surface area contributed by atoms with E-state index in [4.69, 9.17) is 8.94 Å². The highest BCUT2D eigenvalue weighted by Crippen LogP contribution is 2.20. The van der Waals surface area contributed by atoms with Crippen LogP contribution < -0.4 is 5.32 Å². The molecule has 0 fully saturated rings. The second-order valence-corrected chi connectivity index (χ2v) is 6.05. The van der Waals surface area contributed by atoms with Crippen LogP contribution in [-0.4, -0.2) is 25.6 Å². The first-order valence-corrected chi connectivity index (χ1v) is 8.56. The molecule has 1 aromatic carbocycles. The van der Waals surface area contributed by atoms with Gasteiger partial charge in [-0.2, -0.15) is 4.98 Å². The summed E-state index contributed by atoms with van der Waals surface area (Å²) in [5.74, 6) is 1.06. The zero-order valence-corrected chi connectivity index (χ0v) is 14.9. The molecule has 0 aliphatic carbocycles. The van der Waals surface area contributed by atoms with Gasteiger partial charge in [-0.15, -0.1) is 0 Å². The molecule has 3 heterocycles. The molecule has 0 aliphatic heterocycles. The van der Waals surface area contributed by atoms with Crippen molar-refractivity contribution in [2.24, 2.45) is 0 Å². The SMILES string of the molecule is Cc1nccn1-c1ccc(NC(=O)CCc2nc(-c3ccco3)no2)cc1F. The van der Waals surface area contributed by atoms with Gasteiger partial charge in [0, 0.05) is 30.9 Å². The summed E-state index contributed by atoms with van der Waals surface area (Å²) >= 11 is 0. The third kappa shape index (κ3) is 3.68. The normalized spacial score (nSPS) is 10.9. The monoisotopic (exact) mass is 381 g/mol. The minimum atomic E-state index is -0.459. The van der Waals surface area contributed by atoms with Crippen LogP contribution in [0, 0.1) is 12.7 Å². The van der Waals surface area contributed by atoms with Gasteiger partial charge in [0.15, 0.2) is 5.76 Å². The number of benzene rings is 1. The van der Waals surface area contributed by atoms with Crippen molar-refractivity contribution in [1.29, 1.82) is 0 Å². The molecule has 0 spiro atoms. The van der Waals surface area contributed by atoms with Crippen LogP contribution in [-0.2, 0) is 11.2 Å². The number of hydrogen-bond donors (Lipinski definition) is 1. The Balaban J connectivity index is 1.36. The van der Waals surface area contributed by atoms with Crippen molar-refractivity contribution in [1.82, 2.24) is 19.7 Å². The Morgan fingerprint density at radius 2 is 2.21 bits per heavy atom. The van der Waals surface area contributed by atoms with E-state index in [1.807, 2.05) is 0 Å². The smallest absolute Gasteiger partial charge is 0.238 e. The van der Waals surface area contributed by atoms with Gasteiger partial charge in [-0.1, -0.05) is 5.16 Å². The molecule has 0 atom stereocenters. The van der Waals surface area contributed by atoms with Crippen LogP contribution in [0.15, 0.2) is 57.9 Å². The van der Waals surface area contributed by atoms with Gasteiger partial charge in [0.1, 0.15) is 11.6 Å². The lowest BCUT2D eigenvalue weighted by Crippen LogP contribution is -2.13. The van der Waals surface area contributed by atoms with E-state index in [0.717, 1.165) is 0 Å². The van der Waals surface area contributed by atoms with Gasteiger partial charge in [0.05, 0.1) is 12.0 Å². The average molecular weight is 381 g/mol. The standard InChI is InChI=1S/C19H16FN5O3/c1-12-21-8-9-25(12)15-5-4-13(11-14(15)20)22-17(26)6-7-18-23-19(24-28-18)16-3-2-10-27-16/h2-5,8-11H,6-7H2,1H3,(H,22,26). The first kappa shape index (κ1) is 17.7. The van der Waals surface area contributed by atoms with Crippen molar-refractivity contribution < 1.29 is 18.1 Å². The fourth-order valence-electron chi connectivity index (χ4n) is 2.72. The average Bonchev–Trinajstić information content (AvgIpc) is 3.42. The Labute approximate surface area is 159 Å². The van der Waals surface area contributed by atoms with E-state index < -0.39 is 5.82 Å². The van der Waals surface area contributed by atoms with Gasteiger partial charge >= 0.3 is 0 Å². The predicted octanol–water partition coefficient (Wildman–Crippen LogP) is 3.53. The van der Waals surface area contributed by atoms with Crippen molar-refractivity contribution in [3.05, 3.63) is 66.5 Å². The van der Waals surface area contributed by atoms with E-state index in [1.165, 1.54) is 12.3 Å². The molecule has 1 N–H and O–H groups in total. The van der Waals surface area contributed by atoms with Crippen LogP contribution >= 0.6 is 0 Å². The largest absolute Gasteiger partial charge is 0.461 e. The molecular formula is C19H16FN5O3. The zero-order valence-electron chi connectivity index (χ0n) is 14.9. The quantitative estimate of drug-likeness (QED) is 0.548. The Bertz CT molecular complexity index is 1100. The van der Waals surface area contributed by atoms with Gasteiger partial charge in [-0.05, 0) is 37.3 Å². The van der Waals surface area contributed by atoms with Crippen LogP contribution in [0.25, 0.3) is 17.3 Å². The minimum Gasteiger partial charge on any atom is -0.461 e. The van der Waals surface area contributed by atoms with Crippen LogP contribution in [0.3, 0.4) is 0 Å². The number of furan rings is 1. The molecule has 0 saturated heterocycles. The molecule has 0 bridgehead atoms. The number of aryl methyl sites for hydroxylation is 2. The van der Waals surface area contributed by atoms with Crippen LogP contribution in [0.4, 0.5) is 10.1 Å². The molecule has 0 saturated carbocycles. The Morgan fingerprint density at radius 1 is 1.32 bits per heavy atom. The maximum absolute atomic E-state index is 14.4. The number of amides is 1. The van der Waals surface area contributed by atoms with E-state index in [0.29, 0.717) is 34.7 Å². The van der Waals surface area contributed by atoms with Gasteiger partial charge in [0.2, 0.25) is 17.6 Å². The zero-order chi connectivity index (χ0) is 19.5. The molecule has 4 rings (SSSR count). The van der Waals surface area contributed by atoms with Gasteiger partial charge in [-0.25, -0.2) is 9.37 Å². The second kappa shape index (κ2) is 7.47. The highest BCUT2D eigenvalue weighted by Gasteiger charge is 2.13. The van der Waals surface area contributed by atoms with Crippen molar-refractivity contribution in [2.45, 2.75) is 19.8 Å². The summed E-state index contributed by atoms with van der Waals surface area (Å²) in [6.45, 7) is 1.78. The Kier molecular flexibility index (Phi) is 4.71. The number of nitrogens with zero attached hydrogens (tertiary/aromatic N) is 4. The third-order valence-corrected chi connectivity index (χ3v) is 4.09. The summed E-state index contributed by atoms with van der Waals surface area (Å²) in [5, 5.41) is 6.47. The first-order chi connectivity index (χ1) is 13.6. The molecule has 0 aliphatic rings. The lowest BCUT2D eigenvalue weighted by molar-refractivity contribution is -0.116. The number of hydrogen-bond acceptors (Lipinski definition) is 6. The van der Waals surface area contributed by atoms with Crippen LogP contribution in [0.5, 0.6) is 0 Å². The summed E-state index contributed by atoms with van der Waals surface area (Å²) in [4.78, 5) is 20.4. The molecule has 0 unspecified atom stereocenters. The molecule has 0 radical (unpaired) electrons. The van der Waals surface area contributed by atoms with Gasteiger partial charge in [0.25, 0.3) is 0 Å².